The van der Waals surface area contributed by atoms with Crippen molar-refractivity contribution in [2.24, 2.45) is 0 Å². The van der Waals surface area contributed by atoms with Crippen molar-refractivity contribution in [2.75, 3.05) is 48.7 Å². The molecule has 104 valence electrons. The number of aromatic nitrogens is 1. The standard InChI is InChI=1S/C12H18N4O2S/c13-10-8-15-11(7-9(10)12(17)18)14-1-2-16-3-5-19-6-4-16/h7-8H,1-6,13H2,(H,14,15)(H,17,18). The second-order valence-corrected chi connectivity index (χ2v) is 5.57. The molecular weight excluding hydrogens is 264 g/mol. The number of nitrogens with two attached hydrogens (primary N) is 1. The lowest BCUT2D eigenvalue weighted by molar-refractivity contribution is 0.0698. The van der Waals surface area contributed by atoms with E-state index in [1.54, 1.807) is 0 Å². The van der Waals surface area contributed by atoms with Crippen LogP contribution in [0.15, 0.2) is 12.3 Å². The minimum absolute atomic E-state index is 0.0897. The molecule has 1 aliphatic rings. The van der Waals surface area contributed by atoms with E-state index in [1.165, 1.54) is 23.8 Å². The first-order valence-corrected chi connectivity index (χ1v) is 7.35. The number of nitrogen functional groups attached to an aromatic ring is 1. The van der Waals surface area contributed by atoms with E-state index in [1.807, 2.05) is 11.8 Å². The molecule has 0 bridgehead atoms. The molecule has 1 aromatic heterocycles. The molecule has 19 heavy (non-hydrogen) atoms. The second-order valence-electron chi connectivity index (χ2n) is 4.34. The molecule has 1 aromatic rings. The fourth-order valence-corrected chi connectivity index (χ4v) is 2.89. The maximum absolute atomic E-state index is 10.9. The first-order chi connectivity index (χ1) is 9.16. The summed E-state index contributed by atoms with van der Waals surface area (Å²) in [6.45, 7) is 3.92. The van der Waals surface area contributed by atoms with Gasteiger partial charge in [-0.05, 0) is 6.07 Å². The number of nitrogens with zero attached hydrogens (tertiary/aromatic N) is 2. The fraction of sp³-hybridized carbons (Fsp3) is 0.500. The van der Waals surface area contributed by atoms with Gasteiger partial charge in [0, 0.05) is 37.7 Å². The van der Waals surface area contributed by atoms with Gasteiger partial charge in [-0.2, -0.15) is 11.8 Å². The Kier molecular flexibility index (Phi) is 4.86. The van der Waals surface area contributed by atoms with Gasteiger partial charge < -0.3 is 16.2 Å². The van der Waals surface area contributed by atoms with Crippen molar-refractivity contribution in [2.45, 2.75) is 0 Å². The van der Waals surface area contributed by atoms with Crippen LogP contribution in [0.2, 0.25) is 0 Å². The molecule has 0 unspecified atom stereocenters. The highest BCUT2D eigenvalue weighted by Gasteiger charge is 2.11. The third-order valence-electron chi connectivity index (χ3n) is 3.00. The molecule has 0 aromatic carbocycles. The van der Waals surface area contributed by atoms with E-state index in [9.17, 15) is 4.79 Å². The van der Waals surface area contributed by atoms with Crippen molar-refractivity contribution in [1.82, 2.24) is 9.88 Å². The first-order valence-electron chi connectivity index (χ1n) is 6.19. The van der Waals surface area contributed by atoms with E-state index in [0.29, 0.717) is 5.82 Å². The first kappa shape index (κ1) is 14.0. The predicted octanol–water partition coefficient (Wildman–Crippen LogP) is 0.823. The largest absolute Gasteiger partial charge is 0.478 e. The van der Waals surface area contributed by atoms with Crippen LogP contribution in [0.25, 0.3) is 0 Å². The van der Waals surface area contributed by atoms with E-state index < -0.39 is 5.97 Å². The van der Waals surface area contributed by atoms with Crippen molar-refractivity contribution < 1.29 is 9.90 Å². The van der Waals surface area contributed by atoms with Gasteiger partial charge in [-0.15, -0.1) is 0 Å². The summed E-state index contributed by atoms with van der Waals surface area (Å²) in [6, 6.07) is 1.48. The summed E-state index contributed by atoms with van der Waals surface area (Å²) in [4.78, 5) is 17.4. The van der Waals surface area contributed by atoms with E-state index in [0.717, 1.165) is 26.2 Å². The minimum Gasteiger partial charge on any atom is -0.478 e. The van der Waals surface area contributed by atoms with Crippen LogP contribution in [0.1, 0.15) is 10.4 Å². The lowest BCUT2D eigenvalue weighted by atomic mass is 10.2. The maximum atomic E-state index is 10.9. The number of nitrogens with one attached hydrogen (secondary N) is 1. The number of hydrogen-bond donors (Lipinski definition) is 3. The van der Waals surface area contributed by atoms with Crippen molar-refractivity contribution in [3.05, 3.63) is 17.8 Å². The number of carbonyl (C=O) groups is 1. The summed E-state index contributed by atoms with van der Waals surface area (Å²) < 4.78 is 0. The molecule has 2 heterocycles. The van der Waals surface area contributed by atoms with E-state index in [2.05, 4.69) is 15.2 Å². The number of aromatic carboxylic acids is 1. The van der Waals surface area contributed by atoms with Crippen LogP contribution in [-0.2, 0) is 0 Å². The molecule has 6 nitrogen and oxygen atoms in total. The zero-order valence-electron chi connectivity index (χ0n) is 10.6. The summed E-state index contributed by atoms with van der Waals surface area (Å²) in [6.07, 6.45) is 1.38. The summed E-state index contributed by atoms with van der Waals surface area (Å²) in [5.74, 6) is 1.89. The molecule has 0 radical (unpaired) electrons. The van der Waals surface area contributed by atoms with Crippen LogP contribution in [0.4, 0.5) is 11.5 Å². The second kappa shape index (κ2) is 6.63. The Morgan fingerprint density at radius 2 is 2.26 bits per heavy atom. The van der Waals surface area contributed by atoms with Crippen LogP contribution < -0.4 is 11.1 Å². The highest BCUT2D eigenvalue weighted by Crippen LogP contribution is 2.14. The van der Waals surface area contributed by atoms with Crippen LogP contribution in [0.3, 0.4) is 0 Å². The average Bonchev–Trinajstić information content (AvgIpc) is 2.41. The number of carboxylic acid groups (broad SMARTS) is 1. The third kappa shape index (κ3) is 4.00. The van der Waals surface area contributed by atoms with E-state index in [-0.39, 0.29) is 11.3 Å². The number of carboxylic acids is 1. The van der Waals surface area contributed by atoms with Crippen LogP contribution >= 0.6 is 11.8 Å². The lowest BCUT2D eigenvalue weighted by Crippen LogP contribution is -2.36. The van der Waals surface area contributed by atoms with Gasteiger partial charge in [0.2, 0.25) is 0 Å². The number of rotatable bonds is 5. The van der Waals surface area contributed by atoms with Crippen molar-refractivity contribution >= 4 is 29.2 Å². The number of pyridine rings is 1. The van der Waals surface area contributed by atoms with Crippen LogP contribution in [0, 0.1) is 0 Å². The van der Waals surface area contributed by atoms with Gasteiger partial charge in [-0.1, -0.05) is 0 Å². The van der Waals surface area contributed by atoms with Gasteiger partial charge in [0.05, 0.1) is 17.4 Å². The smallest absolute Gasteiger partial charge is 0.337 e. The highest BCUT2D eigenvalue weighted by molar-refractivity contribution is 7.99. The molecule has 7 heteroatoms. The van der Waals surface area contributed by atoms with E-state index in [4.69, 9.17) is 10.8 Å². The molecule has 1 saturated heterocycles. The van der Waals surface area contributed by atoms with Crippen molar-refractivity contribution in [3.8, 4) is 0 Å². The Morgan fingerprint density at radius 3 is 2.95 bits per heavy atom. The summed E-state index contributed by atoms with van der Waals surface area (Å²) in [5, 5.41) is 12.1. The number of anilines is 2. The Bertz CT molecular complexity index is 449. The maximum Gasteiger partial charge on any atom is 0.337 e. The Morgan fingerprint density at radius 1 is 1.53 bits per heavy atom. The third-order valence-corrected chi connectivity index (χ3v) is 3.95. The predicted molar refractivity (Wildman–Crippen MR) is 77.9 cm³/mol. The van der Waals surface area contributed by atoms with Gasteiger partial charge in [-0.3, -0.25) is 4.90 Å². The molecule has 0 amide bonds. The summed E-state index contributed by atoms with van der Waals surface area (Å²) in [7, 11) is 0. The van der Waals surface area contributed by atoms with Gasteiger partial charge in [0.1, 0.15) is 5.82 Å². The molecule has 0 atom stereocenters. The molecule has 0 saturated carbocycles. The lowest BCUT2D eigenvalue weighted by Gasteiger charge is -2.26. The monoisotopic (exact) mass is 282 g/mol. The highest BCUT2D eigenvalue weighted by atomic mass is 32.2. The van der Waals surface area contributed by atoms with Gasteiger partial charge in [-0.25, -0.2) is 9.78 Å². The minimum atomic E-state index is -1.03. The number of thioether (sulfide) groups is 1. The summed E-state index contributed by atoms with van der Waals surface area (Å²) in [5.41, 5.74) is 5.83. The summed E-state index contributed by atoms with van der Waals surface area (Å²) >= 11 is 1.98. The SMILES string of the molecule is Nc1cnc(NCCN2CCSCC2)cc1C(=O)O. The van der Waals surface area contributed by atoms with Gasteiger partial charge in [0.25, 0.3) is 0 Å². The normalized spacial score (nSPS) is 16.2. The van der Waals surface area contributed by atoms with Crippen molar-refractivity contribution in [3.63, 3.8) is 0 Å². The Labute approximate surface area is 116 Å². The molecule has 0 aliphatic carbocycles. The van der Waals surface area contributed by atoms with Crippen LogP contribution in [-0.4, -0.2) is 58.6 Å². The molecule has 0 spiro atoms. The molecular formula is C12H18N4O2S. The Balaban J connectivity index is 1.85. The molecule has 4 N–H and O–H groups in total. The molecule has 1 fully saturated rings. The average molecular weight is 282 g/mol. The van der Waals surface area contributed by atoms with Gasteiger partial charge in [0.15, 0.2) is 0 Å². The van der Waals surface area contributed by atoms with Crippen molar-refractivity contribution in [1.29, 1.82) is 0 Å². The molecule has 2 rings (SSSR count). The molecule has 1 aliphatic heterocycles. The topological polar surface area (TPSA) is 91.5 Å². The zero-order chi connectivity index (χ0) is 13.7. The Hall–Kier alpha value is -1.47. The fourth-order valence-electron chi connectivity index (χ4n) is 1.91. The quantitative estimate of drug-likeness (QED) is 0.736. The zero-order valence-corrected chi connectivity index (χ0v) is 11.4. The van der Waals surface area contributed by atoms with Gasteiger partial charge >= 0.3 is 5.97 Å². The number of hydrogen-bond acceptors (Lipinski definition) is 6. The van der Waals surface area contributed by atoms with E-state index >= 15 is 0 Å². The van der Waals surface area contributed by atoms with Crippen LogP contribution in [0.5, 0.6) is 0 Å².